The van der Waals surface area contributed by atoms with Crippen molar-refractivity contribution in [2.45, 2.75) is 11.3 Å². The molecule has 1 heterocycles. The van der Waals surface area contributed by atoms with Crippen molar-refractivity contribution >= 4 is 10.0 Å². The van der Waals surface area contributed by atoms with Crippen LogP contribution in [-0.2, 0) is 10.0 Å². The molecule has 0 unspecified atom stereocenters. The third kappa shape index (κ3) is 2.70. The molecule has 1 saturated heterocycles. The Morgan fingerprint density at radius 3 is 2.89 bits per heavy atom. The molecule has 96 valence electrons. The molecule has 1 aliphatic rings. The number of nitriles is 1. The number of hydrogen-bond donors (Lipinski definition) is 1. The fraction of sp³-hybridized carbons (Fsp3) is 0.417. The van der Waals surface area contributed by atoms with Crippen LogP contribution >= 0.6 is 0 Å². The average Bonchev–Trinajstić information content (AvgIpc) is 2.68. The van der Waals surface area contributed by atoms with E-state index >= 15 is 0 Å². The van der Waals surface area contributed by atoms with Crippen LogP contribution in [0, 0.1) is 11.3 Å². The Hall–Kier alpha value is -1.42. The lowest BCUT2D eigenvalue weighted by molar-refractivity contribution is 0.432. The molecule has 0 spiro atoms. The number of rotatable bonds is 2. The first-order chi connectivity index (χ1) is 8.64. The molecule has 0 atom stereocenters. The van der Waals surface area contributed by atoms with Crippen LogP contribution in [0.4, 0.5) is 0 Å². The zero-order valence-corrected chi connectivity index (χ0v) is 10.8. The molecule has 5 nitrogen and oxygen atoms in total. The van der Waals surface area contributed by atoms with E-state index in [2.05, 4.69) is 5.32 Å². The fourth-order valence-electron chi connectivity index (χ4n) is 1.94. The molecule has 1 aliphatic heterocycles. The molecule has 0 amide bonds. The minimum Gasteiger partial charge on any atom is -0.315 e. The van der Waals surface area contributed by atoms with Crippen molar-refractivity contribution in [1.29, 1.82) is 5.26 Å². The Labute approximate surface area is 107 Å². The Bertz CT molecular complexity index is 555. The van der Waals surface area contributed by atoms with Gasteiger partial charge in [0.1, 0.15) is 0 Å². The van der Waals surface area contributed by atoms with E-state index in [1.807, 2.05) is 6.07 Å². The maximum Gasteiger partial charge on any atom is 0.243 e. The van der Waals surface area contributed by atoms with E-state index in [0.717, 1.165) is 13.0 Å². The van der Waals surface area contributed by atoms with Gasteiger partial charge in [-0.05, 0) is 31.2 Å². The highest BCUT2D eigenvalue weighted by Gasteiger charge is 2.25. The smallest absolute Gasteiger partial charge is 0.243 e. The van der Waals surface area contributed by atoms with Crippen molar-refractivity contribution in [3.05, 3.63) is 29.8 Å². The van der Waals surface area contributed by atoms with Gasteiger partial charge in [-0.2, -0.15) is 9.57 Å². The summed E-state index contributed by atoms with van der Waals surface area (Å²) in [6.45, 7) is 2.49. The summed E-state index contributed by atoms with van der Waals surface area (Å²) >= 11 is 0. The van der Waals surface area contributed by atoms with Crippen LogP contribution in [0.15, 0.2) is 29.2 Å². The van der Waals surface area contributed by atoms with E-state index < -0.39 is 10.0 Å². The number of hydrogen-bond acceptors (Lipinski definition) is 4. The van der Waals surface area contributed by atoms with E-state index in [0.29, 0.717) is 25.2 Å². The van der Waals surface area contributed by atoms with Crippen molar-refractivity contribution in [3.63, 3.8) is 0 Å². The van der Waals surface area contributed by atoms with Crippen molar-refractivity contribution < 1.29 is 8.42 Å². The summed E-state index contributed by atoms with van der Waals surface area (Å²) in [5, 5.41) is 12.0. The number of nitrogens with one attached hydrogen (secondary N) is 1. The minimum absolute atomic E-state index is 0.198. The highest BCUT2D eigenvalue weighted by molar-refractivity contribution is 7.89. The zero-order valence-electron chi connectivity index (χ0n) is 9.96. The predicted molar refractivity (Wildman–Crippen MR) is 67.4 cm³/mol. The molecule has 2 rings (SSSR count). The number of sulfonamides is 1. The van der Waals surface area contributed by atoms with Crippen LogP contribution in [-0.4, -0.2) is 38.9 Å². The molecule has 1 fully saturated rings. The Morgan fingerprint density at radius 2 is 2.11 bits per heavy atom. The SMILES string of the molecule is N#Cc1cccc(S(=O)(=O)N2CCCNCC2)c1. The lowest BCUT2D eigenvalue weighted by Crippen LogP contribution is -2.34. The Balaban J connectivity index is 2.31. The zero-order chi connectivity index (χ0) is 13.0. The van der Waals surface area contributed by atoms with Crippen LogP contribution in [0.1, 0.15) is 12.0 Å². The van der Waals surface area contributed by atoms with Crippen LogP contribution in [0.25, 0.3) is 0 Å². The molecule has 0 radical (unpaired) electrons. The van der Waals surface area contributed by atoms with Gasteiger partial charge in [-0.3, -0.25) is 0 Å². The van der Waals surface area contributed by atoms with Gasteiger partial charge >= 0.3 is 0 Å². The van der Waals surface area contributed by atoms with E-state index in [4.69, 9.17) is 5.26 Å². The lowest BCUT2D eigenvalue weighted by Gasteiger charge is -2.19. The first kappa shape index (κ1) is 13.0. The fourth-order valence-corrected chi connectivity index (χ4v) is 3.46. The van der Waals surface area contributed by atoms with Gasteiger partial charge in [0.2, 0.25) is 10.0 Å². The van der Waals surface area contributed by atoms with E-state index in [-0.39, 0.29) is 4.90 Å². The van der Waals surface area contributed by atoms with Crippen LogP contribution < -0.4 is 5.32 Å². The predicted octanol–water partition coefficient (Wildman–Crippen LogP) is 0.542. The van der Waals surface area contributed by atoms with Gasteiger partial charge in [-0.1, -0.05) is 6.07 Å². The summed E-state index contributed by atoms with van der Waals surface area (Å²) in [5.41, 5.74) is 0.365. The molecule has 0 aromatic heterocycles. The van der Waals surface area contributed by atoms with Gasteiger partial charge in [0.15, 0.2) is 0 Å². The summed E-state index contributed by atoms with van der Waals surface area (Å²) in [5.74, 6) is 0. The number of nitrogens with zero attached hydrogens (tertiary/aromatic N) is 2. The average molecular weight is 265 g/mol. The van der Waals surface area contributed by atoms with E-state index in [1.165, 1.54) is 16.4 Å². The normalized spacial score (nSPS) is 17.9. The van der Waals surface area contributed by atoms with Gasteiger partial charge in [0, 0.05) is 19.6 Å². The standard InChI is InChI=1S/C12H15N3O2S/c13-10-11-3-1-4-12(9-11)18(16,17)15-7-2-5-14-6-8-15/h1,3-4,9,14H,2,5-8H2. The van der Waals surface area contributed by atoms with Gasteiger partial charge in [0.05, 0.1) is 16.5 Å². The molecule has 0 saturated carbocycles. The minimum atomic E-state index is -3.48. The third-order valence-electron chi connectivity index (χ3n) is 2.90. The number of benzene rings is 1. The molecule has 0 bridgehead atoms. The first-order valence-corrected chi connectivity index (χ1v) is 7.29. The van der Waals surface area contributed by atoms with Crippen LogP contribution in [0.2, 0.25) is 0 Å². The Kier molecular flexibility index (Phi) is 3.97. The van der Waals surface area contributed by atoms with E-state index in [9.17, 15) is 8.42 Å². The first-order valence-electron chi connectivity index (χ1n) is 5.85. The molecular weight excluding hydrogens is 250 g/mol. The van der Waals surface area contributed by atoms with Gasteiger partial charge in [-0.15, -0.1) is 0 Å². The summed E-state index contributed by atoms with van der Waals surface area (Å²) in [6, 6.07) is 8.12. The van der Waals surface area contributed by atoms with Crippen molar-refractivity contribution in [1.82, 2.24) is 9.62 Å². The largest absolute Gasteiger partial charge is 0.315 e. The maximum atomic E-state index is 12.4. The summed E-state index contributed by atoms with van der Waals surface area (Å²) in [6.07, 6.45) is 0.803. The van der Waals surface area contributed by atoms with Crippen LogP contribution in [0.5, 0.6) is 0 Å². The van der Waals surface area contributed by atoms with E-state index in [1.54, 1.807) is 12.1 Å². The monoisotopic (exact) mass is 265 g/mol. The lowest BCUT2D eigenvalue weighted by atomic mass is 10.2. The quantitative estimate of drug-likeness (QED) is 0.847. The summed E-state index contributed by atoms with van der Waals surface area (Å²) < 4.78 is 26.3. The Morgan fingerprint density at radius 1 is 1.28 bits per heavy atom. The highest BCUT2D eigenvalue weighted by Crippen LogP contribution is 2.17. The topological polar surface area (TPSA) is 73.2 Å². The molecule has 0 aliphatic carbocycles. The van der Waals surface area contributed by atoms with Gasteiger partial charge < -0.3 is 5.32 Å². The highest BCUT2D eigenvalue weighted by atomic mass is 32.2. The third-order valence-corrected chi connectivity index (χ3v) is 4.79. The molecule has 18 heavy (non-hydrogen) atoms. The van der Waals surface area contributed by atoms with Crippen LogP contribution in [0.3, 0.4) is 0 Å². The van der Waals surface area contributed by atoms with Crippen molar-refractivity contribution in [3.8, 4) is 6.07 Å². The second kappa shape index (κ2) is 5.48. The second-order valence-electron chi connectivity index (χ2n) is 4.15. The summed E-state index contributed by atoms with van der Waals surface area (Å²) in [7, 11) is -3.48. The van der Waals surface area contributed by atoms with Crippen molar-refractivity contribution in [2.75, 3.05) is 26.2 Å². The maximum absolute atomic E-state index is 12.4. The molecule has 6 heteroatoms. The summed E-state index contributed by atoms with van der Waals surface area (Å²) in [4.78, 5) is 0.198. The molecule has 1 aromatic rings. The van der Waals surface area contributed by atoms with Gasteiger partial charge in [-0.25, -0.2) is 8.42 Å². The molecule has 1 aromatic carbocycles. The van der Waals surface area contributed by atoms with Gasteiger partial charge in [0.25, 0.3) is 0 Å². The van der Waals surface area contributed by atoms with Crippen molar-refractivity contribution in [2.24, 2.45) is 0 Å². The molecular formula is C12H15N3O2S. The molecule has 1 N–H and O–H groups in total. The second-order valence-corrected chi connectivity index (χ2v) is 6.09.